The third kappa shape index (κ3) is 3.68. The summed E-state index contributed by atoms with van der Waals surface area (Å²) in [5.41, 5.74) is 5.46. The van der Waals surface area contributed by atoms with E-state index in [1.54, 1.807) is 0 Å². The predicted molar refractivity (Wildman–Crippen MR) is 66.5 cm³/mol. The Bertz CT molecular complexity index is 252. The second-order valence-electron chi connectivity index (χ2n) is 5.30. The summed E-state index contributed by atoms with van der Waals surface area (Å²) in [5.74, 6) is -0.126. The molecule has 3 N–H and O–H groups in total. The van der Waals surface area contributed by atoms with Crippen molar-refractivity contribution in [2.24, 2.45) is 11.7 Å². The van der Waals surface area contributed by atoms with Crippen molar-refractivity contribution in [2.45, 2.75) is 57.1 Å². The van der Waals surface area contributed by atoms with Gasteiger partial charge in [0, 0.05) is 19.2 Å². The summed E-state index contributed by atoms with van der Waals surface area (Å²) in [6, 6.07) is 0.270. The summed E-state index contributed by atoms with van der Waals surface area (Å²) in [6.07, 6.45) is 8.26. The first-order chi connectivity index (χ1) is 8.27. The number of primary amides is 1. The molecule has 0 bridgehead atoms. The lowest BCUT2D eigenvalue weighted by atomic mass is 9.84. The van der Waals surface area contributed by atoms with E-state index in [1.807, 2.05) is 0 Å². The van der Waals surface area contributed by atoms with Gasteiger partial charge in [-0.3, -0.25) is 4.79 Å². The van der Waals surface area contributed by atoms with E-state index in [2.05, 4.69) is 5.32 Å². The van der Waals surface area contributed by atoms with Crippen LogP contribution in [0.2, 0.25) is 0 Å². The molecule has 2 rings (SSSR count). The third-order valence-electron chi connectivity index (χ3n) is 4.01. The van der Waals surface area contributed by atoms with Gasteiger partial charge in [-0.05, 0) is 32.1 Å². The Kier molecular flexibility index (Phi) is 4.80. The minimum absolute atomic E-state index is 0.0207. The van der Waals surface area contributed by atoms with E-state index in [9.17, 15) is 4.79 Å². The Morgan fingerprint density at radius 2 is 1.94 bits per heavy atom. The lowest BCUT2D eigenvalue weighted by molar-refractivity contribution is -0.123. The smallest absolute Gasteiger partial charge is 0.222 e. The molecular formula is C13H24N2O2. The highest BCUT2D eigenvalue weighted by atomic mass is 16.5. The van der Waals surface area contributed by atoms with E-state index >= 15 is 0 Å². The van der Waals surface area contributed by atoms with Crippen molar-refractivity contribution in [3.8, 4) is 0 Å². The van der Waals surface area contributed by atoms with Crippen molar-refractivity contribution in [1.29, 1.82) is 0 Å². The van der Waals surface area contributed by atoms with Crippen LogP contribution in [0.25, 0.3) is 0 Å². The number of nitrogens with one attached hydrogen (secondary N) is 1. The highest BCUT2D eigenvalue weighted by Gasteiger charge is 2.29. The van der Waals surface area contributed by atoms with Crippen molar-refractivity contribution >= 4 is 5.91 Å². The monoisotopic (exact) mass is 240 g/mol. The highest BCUT2D eigenvalue weighted by Crippen LogP contribution is 2.24. The molecule has 17 heavy (non-hydrogen) atoms. The number of carbonyl (C=O) groups is 1. The molecule has 0 aromatic heterocycles. The van der Waals surface area contributed by atoms with Crippen LogP contribution in [0.1, 0.15) is 44.9 Å². The number of hydrogen-bond donors (Lipinski definition) is 2. The van der Waals surface area contributed by atoms with Gasteiger partial charge in [0.2, 0.25) is 5.91 Å². The fourth-order valence-corrected chi connectivity index (χ4v) is 2.97. The van der Waals surface area contributed by atoms with Crippen molar-refractivity contribution in [3.05, 3.63) is 0 Å². The van der Waals surface area contributed by atoms with Crippen LogP contribution in [-0.4, -0.2) is 31.2 Å². The zero-order valence-corrected chi connectivity index (χ0v) is 10.5. The number of rotatable bonds is 4. The van der Waals surface area contributed by atoms with E-state index in [0.29, 0.717) is 6.10 Å². The fourth-order valence-electron chi connectivity index (χ4n) is 2.97. The highest BCUT2D eigenvalue weighted by molar-refractivity contribution is 5.77. The quantitative estimate of drug-likeness (QED) is 0.776. The molecule has 1 saturated carbocycles. The number of carbonyl (C=O) groups excluding carboxylic acids is 1. The summed E-state index contributed by atoms with van der Waals surface area (Å²) < 4.78 is 5.69. The van der Waals surface area contributed by atoms with Gasteiger partial charge in [0.25, 0.3) is 0 Å². The molecule has 0 aromatic carbocycles. The van der Waals surface area contributed by atoms with Crippen LogP contribution < -0.4 is 11.1 Å². The van der Waals surface area contributed by atoms with Gasteiger partial charge < -0.3 is 15.8 Å². The number of ether oxygens (including phenoxy) is 1. The van der Waals surface area contributed by atoms with Gasteiger partial charge in [-0.25, -0.2) is 0 Å². The van der Waals surface area contributed by atoms with E-state index in [-0.39, 0.29) is 17.9 Å². The van der Waals surface area contributed by atoms with Gasteiger partial charge >= 0.3 is 0 Å². The largest absolute Gasteiger partial charge is 0.377 e. The Morgan fingerprint density at radius 1 is 1.18 bits per heavy atom. The minimum Gasteiger partial charge on any atom is -0.377 e. The molecule has 4 heteroatoms. The van der Waals surface area contributed by atoms with Crippen LogP contribution in [0.5, 0.6) is 0 Å². The molecule has 0 radical (unpaired) electrons. The first kappa shape index (κ1) is 12.8. The average molecular weight is 240 g/mol. The lowest BCUT2D eigenvalue weighted by Gasteiger charge is -2.32. The first-order valence-electron chi connectivity index (χ1n) is 6.91. The Hall–Kier alpha value is -0.610. The van der Waals surface area contributed by atoms with Crippen LogP contribution in [-0.2, 0) is 9.53 Å². The minimum atomic E-state index is -0.147. The standard InChI is InChI=1S/C13H24N2O2/c14-13(16)11-6-1-2-7-12(11)15-9-10-5-3-4-8-17-10/h10-12,15H,1-9H2,(H2,14,16)/t10-,11+,12-/m0/s1. The second kappa shape index (κ2) is 6.36. The molecule has 0 aromatic rings. The van der Waals surface area contributed by atoms with Gasteiger partial charge in [-0.15, -0.1) is 0 Å². The molecule has 0 spiro atoms. The van der Waals surface area contributed by atoms with E-state index in [0.717, 1.165) is 38.8 Å². The van der Waals surface area contributed by atoms with Crippen molar-refractivity contribution in [2.75, 3.05) is 13.2 Å². The average Bonchev–Trinajstić information content (AvgIpc) is 2.38. The molecule has 2 aliphatic rings. The van der Waals surface area contributed by atoms with Crippen LogP contribution in [0, 0.1) is 5.92 Å². The van der Waals surface area contributed by atoms with Crippen molar-refractivity contribution < 1.29 is 9.53 Å². The van der Waals surface area contributed by atoms with Crippen LogP contribution >= 0.6 is 0 Å². The van der Waals surface area contributed by atoms with Crippen LogP contribution in [0.3, 0.4) is 0 Å². The van der Waals surface area contributed by atoms with E-state index in [1.165, 1.54) is 19.3 Å². The number of amides is 1. The summed E-state index contributed by atoms with van der Waals surface area (Å²) in [7, 11) is 0. The second-order valence-corrected chi connectivity index (χ2v) is 5.30. The van der Waals surface area contributed by atoms with Crippen molar-refractivity contribution in [1.82, 2.24) is 5.32 Å². The molecule has 1 amide bonds. The maximum absolute atomic E-state index is 11.4. The molecule has 1 saturated heterocycles. The molecule has 1 heterocycles. The topological polar surface area (TPSA) is 64.4 Å². The maximum Gasteiger partial charge on any atom is 0.222 e. The zero-order valence-electron chi connectivity index (χ0n) is 10.5. The Labute approximate surface area is 103 Å². The molecule has 1 aliphatic carbocycles. The van der Waals surface area contributed by atoms with Gasteiger partial charge in [-0.1, -0.05) is 12.8 Å². The molecule has 0 unspecified atom stereocenters. The molecule has 1 aliphatic heterocycles. The van der Waals surface area contributed by atoms with Gasteiger partial charge in [-0.2, -0.15) is 0 Å². The lowest BCUT2D eigenvalue weighted by Crippen LogP contribution is -2.47. The Balaban J connectivity index is 1.77. The summed E-state index contributed by atoms with van der Waals surface area (Å²) in [5, 5.41) is 3.50. The fraction of sp³-hybridized carbons (Fsp3) is 0.923. The van der Waals surface area contributed by atoms with Crippen LogP contribution in [0.15, 0.2) is 0 Å². The summed E-state index contributed by atoms with van der Waals surface area (Å²) in [6.45, 7) is 1.75. The predicted octanol–water partition coefficient (Wildman–Crippen LogP) is 1.19. The molecule has 3 atom stereocenters. The number of hydrogen-bond acceptors (Lipinski definition) is 3. The van der Waals surface area contributed by atoms with Crippen LogP contribution in [0.4, 0.5) is 0 Å². The summed E-state index contributed by atoms with van der Waals surface area (Å²) in [4.78, 5) is 11.4. The molecule has 98 valence electrons. The third-order valence-corrected chi connectivity index (χ3v) is 4.01. The van der Waals surface area contributed by atoms with Gasteiger partial charge in [0.15, 0.2) is 0 Å². The normalized spacial score (nSPS) is 34.5. The van der Waals surface area contributed by atoms with E-state index < -0.39 is 0 Å². The van der Waals surface area contributed by atoms with Gasteiger partial charge in [0.05, 0.1) is 12.0 Å². The first-order valence-corrected chi connectivity index (χ1v) is 6.91. The molecule has 2 fully saturated rings. The van der Waals surface area contributed by atoms with Gasteiger partial charge in [0.1, 0.15) is 0 Å². The summed E-state index contributed by atoms with van der Waals surface area (Å²) >= 11 is 0. The van der Waals surface area contributed by atoms with Crippen molar-refractivity contribution in [3.63, 3.8) is 0 Å². The molecular weight excluding hydrogens is 216 g/mol. The number of nitrogens with two attached hydrogens (primary N) is 1. The SMILES string of the molecule is NC(=O)[C@@H]1CCCC[C@@H]1NC[C@@H]1CCCCO1. The Morgan fingerprint density at radius 3 is 2.65 bits per heavy atom. The molecule has 4 nitrogen and oxygen atoms in total. The van der Waals surface area contributed by atoms with E-state index in [4.69, 9.17) is 10.5 Å². The zero-order chi connectivity index (χ0) is 12.1. The maximum atomic E-state index is 11.4.